The highest BCUT2D eigenvalue weighted by Gasteiger charge is 2.32. The molecule has 0 aliphatic carbocycles. The van der Waals surface area contributed by atoms with Gasteiger partial charge >= 0.3 is 6.18 Å². The van der Waals surface area contributed by atoms with E-state index in [9.17, 15) is 32.4 Å². The molecular weight excluding hydrogens is 452 g/mol. The Hall–Kier alpha value is -3.58. The predicted octanol–water partition coefficient (Wildman–Crippen LogP) is 4.58. The number of alkyl halides is 3. The summed E-state index contributed by atoms with van der Waals surface area (Å²) in [6, 6.07) is 7.74. The molecule has 0 unspecified atom stereocenters. The molecule has 166 valence electrons. The zero-order valence-corrected chi connectivity index (χ0v) is 17.5. The topological polar surface area (TPSA) is 79.8 Å². The van der Waals surface area contributed by atoms with Gasteiger partial charge in [0.15, 0.2) is 0 Å². The maximum Gasteiger partial charge on any atom is 0.417 e. The average molecular weight is 467 g/mol. The highest BCUT2D eigenvalue weighted by atomic mass is 35.5. The summed E-state index contributed by atoms with van der Waals surface area (Å²) in [4.78, 5) is 24.8. The summed E-state index contributed by atoms with van der Waals surface area (Å²) in [5, 5.41) is 11.4. The van der Waals surface area contributed by atoms with Crippen molar-refractivity contribution < 1.29 is 22.4 Å². The lowest BCUT2D eigenvalue weighted by Gasteiger charge is -2.15. The normalized spacial score (nSPS) is 11.3. The van der Waals surface area contributed by atoms with Gasteiger partial charge in [-0.2, -0.15) is 18.4 Å². The van der Waals surface area contributed by atoms with Crippen LogP contribution in [0.1, 0.15) is 22.4 Å². The summed E-state index contributed by atoms with van der Waals surface area (Å²) in [5.74, 6) is -1.30. The van der Waals surface area contributed by atoms with E-state index >= 15 is 0 Å². The average Bonchev–Trinajstić information content (AvgIpc) is 2.94. The summed E-state index contributed by atoms with van der Waals surface area (Å²) in [5.41, 5.74) is -0.461. The summed E-state index contributed by atoms with van der Waals surface area (Å²) >= 11 is 5.62. The molecule has 3 rings (SSSR count). The highest BCUT2D eigenvalue weighted by Crippen LogP contribution is 2.31. The molecule has 3 aromatic rings. The van der Waals surface area contributed by atoms with Crippen LogP contribution in [0.15, 0.2) is 41.3 Å². The number of amides is 1. The molecule has 2 heterocycles. The van der Waals surface area contributed by atoms with Gasteiger partial charge in [0.05, 0.1) is 11.1 Å². The molecule has 0 atom stereocenters. The molecule has 0 spiro atoms. The fraction of sp³-hybridized carbons (Fsp3) is 0.190. The Morgan fingerprint density at radius 1 is 1.22 bits per heavy atom. The molecule has 0 aliphatic heterocycles. The Kier molecular flexibility index (Phi) is 6.14. The first-order valence-corrected chi connectivity index (χ1v) is 9.46. The molecule has 32 heavy (non-hydrogen) atoms. The van der Waals surface area contributed by atoms with Gasteiger partial charge < -0.3 is 9.88 Å². The van der Waals surface area contributed by atoms with Crippen LogP contribution in [0.25, 0.3) is 5.69 Å². The Morgan fingerprint density at radius 3 is 2.41 bits per heavy atom. The van der Waals surface area contributed by atoms with E-state index in [0.29, 0.717) is 33.8 Å². The number of anilines is 1. The largest absolute Gasteiger partial charge is 0.417 e. The Morgan fingerprint density at radius 2 is 1.84 bits per heavy atom. The molecule has 0 saturated heterocycles. The second-order valence-corrected chi connectivity index (χ2v) is 7.32. The SMILES string of the molecule is Cc1c(C#N)c(NC(=O)Cn2cc(C(F)(F)F)cc(Cl)c2=O)n(-c2ccc(F)cc2)c1C. The molecule has 1 amide bonds. The standard InChI is InChI=1S/C21H15ClF4N4O2/c1-11-12(2)30(15-5-3-14(23)4-6-15)19(16(11)8-27)28-18(31)10-29-9-13(21(24,25)26)7-17(22)20(29)32/h3-7,9H,10H2,1-2H3,(H,28,31). The first kappa shape index (κ1) is 23.1. The lowest BCUT2D eigenvalue weighted by molar-refractivity contribution is -0.138. The zero-order valence-electron chi connectivity index (χ0n) is 16.7. The number of carbonyl (C=O) groups excluding carboxylic acids is 1. The number of carbonyl (C=O) groups is 1. The first-order chi connectivity index (χ1) is 14.9. The van der Waals surface area contributed by atoms with Crippen molar-refractivity contribution in [2.75, 3.05) is 5.32 Å². The molecule has 11 heteroatoms. The van der Waals surface area contributed by atoms with Gasteiger partial charge in [0, 0.05) is 17.6 Å². The summed E-state index contributed by atoms with van der Waals surface area (Å²) in [6.45, 7) is 2.56. The lowest BCUT2D eigenvalue weighted by atomic mass is 10.2. The van der Waals surface area contributed by atoms with Crippen LogP contribution in [-0.4, -0.2) is 15.0 Å². The van der Waals surface area contributed by atoms with E-state index in [1.54, 1.807) is 13.8 Å². The molecular formula is C21H15ClF4N4O2. The van der Waals surface area contributed by atoms with Crippen LogP contribution in [0.3, 0.4) is 0 Å². The second kappa shape index (κ2) is 8.51. The van der Waals surface area contributed by atoms with Gasteiger partial charge in [-0.15, -0.1) is 0 Å². The second-order valence-electron chi connectivity index (χ2n) is 6.91. The molecule has 0 aliphatic rings. The molecule has 0 bridgehead atoms. The first-order valence-electron chi connectivity index (χ1n) is 9.09. The smallest absolute Gasteiger partial charge is 0.309 e. The van der Waals surface area contributed by atoms with E-state index in [-0.39, 0.29) is 11.4 Å². The van der Waals surface area contributed by atoms with Crippen molar-refractivity contribution in [1.29, 1.82) is 5.26 Å². The Bertz CT molecular complexity index is 1300. The Balaban J connectivity index is 2.02. The molecule has 1 N–H and O–H groups in total. The number of nitrogens with one attached hydrogen (secondary N) is 1. The Labute approximate surface area is 184 Å². The van der Waals surface area contributed by atoms with Crippen molar-refractivity contribution in [3.63, 3.8) is 0 Å². The third-order valence-electron chi connectivity index (χ3n) is 4.85. The van der Waals surface area contributed by atoms with Gasteiger partial charge in [-0.25, -0.2) is 4.39 Å². The summed E-state index contributed by atoms with van der Waals surface area (Å²) in [7, 11) is 0. The monoisotopic (exact) mass is 466 g/mol. The van der Waals surface area contributed by atoms with Crippen LogP contribution in [-0.2, 0) is 17.5 Å². The van der Waals surface area contributed by atoms with Crippen molar-refractivity contribution >= 4 is 23.3 Å². The number of hydrogen-bond acceptors (Lipinski definition) is 3. The number of nitrogens with zero attached hydrogens (tertiary/aromatic N) is 3. The van der Waals surface area contributed by atoms with Crippen molar-refractivity contribution in [2.24, 2.45) is 0 Å². The van der Waals surface area contributed by atoms with Crippen LogP contribution < -0.4 is 10.9 Å². The van der Waals surface area contributed by atoms with E-state index in [4.69, 9.17) is 11.6 Å². The van der Waals surface area contributed by atoms with Crippen LogP contribution in [0, 0.1) is 31.0 Å². The van der Waals surface area contributed by atoms with Crippen LogP contribution in [0.4, 0.5) is 23.4 Å². The van der Waals surface area contributed by atoms with Gasteiger partial charge in [-0.1, -0.05) is 11.6 Å². The maximum atomic E-state index is 13.3. The van der Waals surface area contributed by atoms with E-state index in [1.807, 2.05) is 6.07 Å². The molecule has 6 nitrogen and oxygen atoms in total. The maximum absolute atomic E-state index is 13.3. The van der Waals surface area contributed by atoms with Crippen molar-refractivity contribution in [1.82, 2.24) is 9.13 Å². The number of benzene rings is 1. The van der Waals surface area contributed by atoms with E-state index in [0.717, 1.165) is 0 Å². The van der Waals surface area contributed by atoms with E-state index < -0.39 is 40.6 Å². The predicted molar refractivity (Wildman–Crippen MR) is 109 cm³/mol. The molecule has 2 aromatic heterocycles. The number of hydrogen-bond donors (Lipinski definition) is 1. The van der Waals surface area contributed by atoms with Crippen LogP contribution in [0.5, 0.6) is 0 Å². The molecule has 0 fully saturated rings. The summed E-state index contributed by atoms with van der Waals surface area (Å²) < 4.78 is 54.5. The van der Waals surface area contributed by atoms with E-state index in [1.165, 1.54) is 28.8 Å². The molecule has 0 saturated carbocycles. The van der Waals surface area contributed by atoms with Crippen molar-refractivity contribution in [3.05, 3.63) is 80.1 Å². The summed E-state index contributed by atoms with van der Waals surface area (Å²) in [6.07, 6.45) is -4.27. The number of halogens is 5. The minimum atomic E-state index is -4.77. The number of nitriles is 1. The van der Waals surface area contributed by atoms with Gasteiger partial charge in [0.1, 0.15) is 29.3 Å². The molecule has 0 radical (unpaired) electrons. The number of pyridine rings is 1. The minimum Gasteiger partial charge on any atom is -0.309 e. The minimum absolute atomic E-state index is 0.0465. The molecule has 1 aromatic carbocycles. The van der Waals surface area contributed by atoms with Crippen LogP contribution >= 0.6 is 11.6 Å². The highest BCUT2D eigenvalue weighted by molar-refractivity contribution is 6.30. The van der Waals surface area contributed by atoms with Gasteiger partial charge in [-0.3, -0.25) is 14.2 Å². The van der Waals surface area contributed by atoms with Gasteiger partial charge in [0.2, 0.25) is 5.91 Å². The number of aromatic nitrogens is 2. The van der Waals surface area contributed by atoms with E-state index in [2.05, 4.69) is 5.32 Å². The zero-order chi connectivity index (χ0) is 23.8. The van der Waals surface area contributed by atoms with Crippen molar-refractivity contribution in [2.45, 2.75) is 26.6 Å². The third-order valence-corrected chi connectivity index (χ3v) is 5.12. The van der Waals surface area contributed by atoms with Gasteiger partial charge in [0.25, 0.3) is 5.56 Å². The van der Waals surface area contributed by atoms with Crippen molar-refractivity contribution in [3.8, 4) is 11.8 Å². The fourth-order valence-electron chi connectivity index (χ4n) is 3.17. The number of rotatable bonds is 4. The lowest BCUT2D eigenvalue weighted by Crippen LogP contribution is -2.29. The quantitative estimate of drug-likeness (QED) is 0.572. The van der Waals surface area contributed by atoms with Gasteiger partial charge in [-0.05, 0) is 49.7 Å². The fourth-order valence-corrected chi connectivity index (χ4v) is 3.40. The third kappa shape index (κ3) is 4.38. The van der Waals surface area contributed by atoms with Crippen LogP contribution in [0.2, 0.25) is 5.02 Å².